The Kier molecular flexibility index (Phi) is 5.03. The van der Waals surface area contributed by atoms with Crippen molar-refractivity contribution in [2.75, 3.05) is 6.54 Å². The Balaban J connectivity index is 3.05. The molecule has 3 heteroatoms. The minimum absolute atomic E-state index is 0.226. The van der Waals surface area contributed by atoms with Crippen LogP contribution in [-0.2, 0) is 0 Å². The highest BCUT2D eigenvalue weighted by atomic mass is 79.9. The molecule has 82 valence electrons. The largest absolute Gasteiger partial charge is 0.307 e. The van der Waals surface area contributed by atoms with Gasteiger partial charge in [0.25, 0.3) is 0 Å². The first-order valence-corrected chi connectivity index (χ1v) is 6.48. The molecule has 1 aromatic rings. The van der Waals surface area contributed by atoms with Crippen LogP contribution in [0.2, 0.25) is 0 Å². The molecule has 1 N–H and O–H groups in total. The van der Waals surface area contributed by atoms with Crippen molar-refractivity contribution in [3.63, 3.8) is 0 Å². The van der Waals surface area contributed by atoms with Gasteiger partial charge < -0.3 is 5.32 Å². The van der Waals surface area contributed by atoms with Gasteiger partial charge >= 0.3 is 0 Å². The van der Waals surface area contributed by atoms with E-state index in [2.05, 4.69) is 62.8 Å². The summed E-state index contributed by atoms with van der Waals surface area (Å²) in [6.07, 6.45) is 0. The molecule has 1 aromatic carbocycles. The van der Waals surface area contributed by atoms with E-state index in [4.69, 9.17) is 0 Å². The molecule has 0 aliphatic heterocycles. The van der Waals surface area contributed by atoms with Gasteiger partial charge in [-0.2, -0.15) is 0 Å². The lowest BCUT2D eigenvalue weighted by molar-refractivity contribution is 0.621. The average Bonchev–Trinajstić information content (AvgIpc) is 2.11. The lowest BCUT2D eigenvalue weighted by atomic mass is 10.0. The van der Waals surface area contributed by atoms with Gasteiger partial charge in [-0.25, -0.2) is 0 Å². The number of benzene rings is 1. The van der Waals surface area contributed by atoms with Gasteiger partial charge in [0.1, 0.15) is 0 Å². The van der Waals surface area contributed by atoms with Crippen LogP contribution >= 0.6 is 31.9 Å². The Morgan fingerprint density at radius 3 is 2.27 bits per heavy atom. The van der Waals surface area contributed by atoms with Crippen molar-refractivity contribution in [3.05, 3.63) is 44.9 Å². The van der Waals surface area contributed by atoms with Crippen LogP contribution in [0.1, 0.15) is 25.5 Å². The van der Waals surface area contributed by atoms with Crippen molar-refractivity contribution < 1.29 is 0 Å². The molecule has 0 heterocycles. The first-order valence-electron chi connectivity index (χ1n) is 4.89. The second-order valence-electron chi connectivity index (χ2n) is 3.54. The molecule has 15 heavy (non-hydrogen) atoms. The number of hydrogen-bond acceptors (Lipinski definition) is 1. The highest BCUT2D eigenvalue weighted by Gasteiger charge is 2.11. The second kappa shape index (κ2) is 5.83. The highest BCUT2D eigenvalue weighted by molar-refractivity contribution is 9.11. The van der Waals surface area contributed by atoms with E-state index in [1.165, 1.54) is 5.56 Å². The lowest BCUT2D eigenvalue weighted by Crippen LogP contribution is -2.21. The van der Waals surface area contributed by atoms with E-state index >= 15 is 0 Å². The van der Waals surface area contributed by atoms with Crippen LogP contribution < -0.4 is 5.32 Å². The predicted octanol–water partition coefficient (Wildman–Crippen LogP) is 4.44. The van der Waals surface area contributed by atoms with Crippen molar-refractivity contribution in [2.45, 2.75) is 19.9 Å². The number of hydrogen-bond donors (Lipinski definition) is 1. The maximum Gasteiger partial charge on any atom is 0.0531 e. The minimum atomic E-state index is 0.226. The summed E-state index contributed by atoms with van der Waals surface area (Å²) in [4.78, 5) is 0. The fraction of sp³-hybridized carbons (Fsp3) is 0.333. The zero-order chi connectivity index (χ0) is 11.4. The molecule has 0 saturated heterocycles. The molecule has 0 spiro atoms. The van der Waals surface area contributed by atoms with Crippen molar-refractivity contribution in [1.29, 1.82) is 0 Å². The van der Waals surface area contributed by atoms with Gasteiger partial charge in [0.15, 0.2) is 0 Å². The Bertz CT molecular complexity index is 340. The van der Waals surface area contributed by atoms with Gasteiger partial charge in [0, 0.05) is 8.95 Å². The van der Waals surface area contributed by atoms with Crippen LogP contribution in [0, 0.1) is 0 Å². The van der Waals surface area contributed by atoms with E-state index in [1.807, 2.05) is 13.0 Å². The summed E-state index contributed by atoms with van der Waals surface area (Å²) in [6.45, 7) is 9.09. The Labute approximate surface area is 108 Å². The van der Waals surface area contributed by atoms with Crippen LogP contribution in [-0.4, -0.2) is 6.54 Å². The molecule has 0 aliphatic carbocycles. The van der Waals surface area contributed by atoms with Crippen molar-refractivity contribution in [3.8, 4) is 0 Å². The van der Waals surface area contributed by atoms with E-state index in [0.717, 1.165) is 21.1 Å². The molecule has 1 rings (SSSR count). The molecule has 0 bridgehead atoms. The van der Waals surface area contributed by atoms with E-state index in [9.17, 15) is 0 Å². The lowest BCUT2D eigenvalue weighted by Gasteiger charge is -2.19. The average molecular weight is 333 g/mol. The third-order valence-corrected chi connectivity index (χ3v) is 3.03. The summed E-state index contributed by atoms with van der Waals surface area (Å²) in [6, 6.07) is 6.49. The van der Waals surface area contributed by atoms with Crippen LogP contribution in [0.5, 0.6) is 0 Å². The van der Waals surface area contributed by atoms with Crippen molar-refractivity contribution in [1.82, 2.24) is 5.32 Å². The first-order chi connectivity index (χ1) is 7.04. The van der Waals surface area contributed by atoms with Crippen LogP contribution in [0.4, 0.5) is 0 Å². The summed E-state index contributed by atoms with van der Waals surface area (Å²) in [5, 5.41) is 3.41. The van der Waals surface area contributed by atoms with Crippen molar-refractivity contribution in [2.24, 2.45) is 0 Å². The predicted molar refractivity (Wildman–Crippen MR) is 73.1 cm³/mol. The van der Waals surface area contributed by atoms with Crippen molar-refractivity contribution >= 4 is 31.9 Å². The highest BCUT2D eigenvalue weighted by Crippen LogP contribution is 2.27. The van der Waals surface area contributed by atoms with Gasteiger partial charge in [-0.3, -0.25) is 0 Å². The van der Waals surface area contributed by atoms with Crippen LogP contribution in [0.25, 0.3) is 0 Å². The summed E-state index contributed by atoms with van der Waals surface area (Å²) in [5.41, 5.74) is 2.35. The summed E-state index contributed by atoms with van der Waals surface area (Å²) in [7, 11) is 0. The molecule has 0 aliphatic rings. The quantitative estimate of drug-likeness (QED) is 0.804. The zero-order valence-electron chi connectivity index (χ0n) is 8.98. The SMILES string of the molecule is C=C(C)C(NCC)c1cc(Br)cc(Br)c1. The molecular formula is C12H15Br2N. The molecule has 1 unspecified atom stereocenters. The molecular weight excluding hydrogens is 318 g/mol. The van der Waals surface area contributed by atoms with Gasteiger partial charge in [-0.05, 0) is 37.2 Å². The minimum Gasteiger partial charge on any atom is -0.307 e. The fourth-order valence-electron chi connectivity index (χ4n) is 1.52. The number of nitrogens with one attached hydrogen (secondary N) is 1. The third kappa shape index (κ3) is 3.74. The molecule has 0 radical (unpaired) electrons. The molecule has 1 nitrogen and oxygen atoms in total. The Hall–Kier alpha value is -0.120. The molecule has 0 saturated carbocycles. The maximum atomic E-state index is 4.02. The Morgan fingerprint density at radius 2 is 1.87 bits per heavy atom. The molecule has 0 amide bonds. The second-order valence-corrected chi connectivity index (χ2v) is 5.37. The summed E-state index contributed by atoms with van der Waals surface area (Å²) < 4.78 is 2.16. The van der Waals surface area contributed by atoms with Gasteiger partial charge in [0.2, 0.25) is 0 Å². The topological polar surface area (TPSA) is 12.0 Å². The van der Waals surface area contributed by atoms with E-state index < -0.39 is 0 Å². The normalized spacial score (nSPS) is 12.5. The zero-order valence-corrected chi connectivity index (χ0v) is 12.2. The molecule has 0 aromatic heterocycles. The number of halogens is 2. The van der Waals surface area contributed by atoms with Crippen LogP contribution in [0.15, 0.2) is 39.3 Å². The van der Waals surface area contributed by atoms with E-state index in [1.54, 1.807) is 0 Å². The first kappa shape index (κ1) is 12.9. The summed E-state index contributed by atoms with van der Waals surface area (Å²) >= 11 is 6.99. The fourth-order valence-corrected chi connectivity index (χ4v) is 2.85. The van der Waals surface area contributed by atoms with Crippen LogP contribution in [0.3, 0.4) is 0 Å². The number of rotatable bonds is 4. The number of likely N-dealkylation sites (N-methyl/N-ethyl adjacent to an activating group) is 1. The molecule has 1 atom stereocenters. The monoisotopic (exact) mass is 331 g/mol. The van der Waals surface area contributed by atoms with Gasteiger partial charge in [-0.1, -0.05) is 50.9 Å². The standard InChI is InChI=1S/C12H15Br2N/c1-4-15-12(8(2)3)9-5-10(13)7-11(14)6-9/h5-7,12,15H,2,4H2,1,3H3. The van der Waals surface area contributed by atoms with E-state index in [0.29, 0.717) is 0 Å². The van der Waals surface area contributed by atoms with Gasteiger partial charge in [-0.15, -0.1) is 0 Å². The molecule has 0 fully saturated rings. The van der Waals surface area contributed by atoms with Gasteiger partial charge in [0.05, 0.1) is 6.04 Å². The summed E-state index contributed by atoms with van der Waals surface area (Å²) in [5.74, 6) is 0. The third-order valence-electron chi connectivity index (χ3n) is 2.12. The Morgan fingerprint density at radius 1 is 1.33 bits per heavy atom. The maximum absolute atomic E-state index is 4.02. The van der Waals surface area contributed by atoms with E-state index in [-0.39, 0.29) is 6.04 Å². The smallest absolute Gasteiger partial charge is 0.0531 e.